The summed E-state index contributed by atoms with van der Waals surface area (Å²) in [6.45, 7) is 3.38. The molecule has 3 nitrogen and oxygen atoms in total. The topological polar surface area (TPSA) is 35.0 Å². The second kappa shape index (κ2) is 5.14. The Bertz CT molecular complexity index is 360. The number of hydrogen-bond donors (Lipinski definition) is 0. The van der Waals surface area contributed by atoms with E-state index in [1.54, 1.807) is 0 Å². The minimum absolute atomic E-state index is 0.622. The summed E-state index contributed by atoms with van der Waals surface area (Å²) in [5.41, 5.74) is 2.22. The van der Waals surface area contributed by atoms with E-state index in [1.165, 1.54) is 0 Å². The van der Waals surface area contributed by atoms with Gasteiger partial charge >= 0.3 is 0 Å². The van der Waals surface area contributed by atoms with E-state index < -0.39 is 0 Å². The molecule has 0 unspecified atom stereocenters. The number of aromatic nitrogens is 2. The summed E-state index contributed by atoms with van der Waals surface area (Å²) in [7, 11) is 0. The van der Waals surface area contributed by atoms with Crippen LogP contribution in [0, 0.1) is 0 Å². The van der Waals surface area contributed by atoms with E-state index in [9.17, 15) is 0 Å². The number of rotatable bonds is 4. The molecule has 0 bridgehead atoms. The van der Waals surface area contributed by atoms with Crippen LogP contribution in [0.3, 0.4) is 0 Å². The Morgan fingerprint density at radius 3 is 3.07 bits per heavy atom. The molecule has 82 valence electrons. The molecule has 1 aliphatic rings. The quantitative estimate of drug-likeness (QED) is 0.602. The summed E-state index contributed by atoms with van der Waals surface area (Å²) < 4.78 is 5.27. The lowest BCUT2D eigenvalue weighted by atomic mass is 10.2. The molecule has 1 aromatic heterocycles. The largest absolute Gasteiger partial charge is 0.381 e. The maximum absolute atomic E-state index is 6.08. The smallest absolute Gasteiger partial charge is 0.137 e. The summed E-state index contributed by atoms with van der Waals surface area (Å²) in [6, 6.07) is 0. The fourth-order valence-electron chi connectivity index (χ4n) is 1.48. The molecule has 1 aromatic rings. The van der Waals surface area contributed by atoms with Gasteiger partial charge in [-0.1, -0.05) is 11.6 Å². The van der Waals surface area contributed by atoms with E-state index in [0.717, 1.165) is 41.6 Å². The fourth-order valence-corrected chi connectivity index (χ4v) is 2.87. The molecule has 0 radical (unpaired) electrons. The summed E-state index contributed by atoms with van der Waals surface area (Å²) in [5, 5.41) is 0.622. The minimum atomic E-state index is 0.622. The van der Waals surface area contributed by atoms with Gasteiger partial charge in [-0.3, -0.25) is 0 Å². The molecule has 0 N–H and O–H groups in total. The Morgan fingerprint density at radius 1 is 1.40 bits per heavy atom. The Balaban J connectivity index is 2.09. The van der Waals surface area contributed by atoms with Crippen molar-refractivity contribution in [2.24, 2.45) is 0 Å². The van der Waals surface area contributed by atoms with E-state index in [4.69, 9.17) is 16.3 Å². The molecule has 15 heavy (non-hydrogen) atoms. The molecule has 0 aromatic carbocycles. The Kier molecular flexibility index (Phi) is 3.83. The van der Waals surface area contributed by atoms with Crippen LogP contribution in [0.1, 0.15) is 24.0 Å². The summed E-state index contributed by atoms with van der Waals surface area (Å²) in [5.74, 6) is 2.70. The van der Waals surface area contributed by atoms with E-state index in [1.807, 2.05) is 18.7 Å². The van der Waals surface area contributed by atoms with Crippen molar-refractivity contribution >= 4 is 23.4 Å². The molecule has 2 heterocycles. The van der Waals surface area contributed by atoms with Gasteiger partial charge in [0.05, 0.1) is 12.3 Å². The van der Waals surface area contributed by atoms with Crippen LogP contribution in [0.25, 0.3) is 0 Å². The zero-order chi connectivity index (χ0) is 10.7. The number of thioether (sulfide) groups is 1. The lowest BCUT2D eigenvalue weighted by Gasteiger charge is -2.04. The number of ether oxygens (including phenoxy) is 1. The molecule has 0 amide bonds. The van der Waals surface area contributed by atoms with Crippen molar-refractivity contribution in [2.75, 3.05) is 13.2 Å². The third-order valence-corrected chi connectivity index (χ3v) is 3.53. The monoisotopic (exact) mass is 244 g/mol. The number of fused-ring (bicyclic) bond motifs is 1. The first-order valence-corrected chi connectivity index (χ1v) is 6.54. The van der Waals surface area contributed by atoms with Gasteiger partial charge in [0.15, 0.2) is 0 Å². The van der Waals surface area contributed by atoms with E-state index >= 15 is 0 Å². The average Bonchev–Trinajstić information content (AvgIpc) is 2.66. The Hall–Kier alpha value is -0.320. The number of nitrogens with zero attached hydrogens (tertiary/aromatic N) is 2. The van der Waals surface area contributed by atoms with Crippen molar-refractivity contribution in [3.05, 3.63) is 22.2 Å². The van der Waals surface area contributed by atoms with Crippen LogP contribution in [-0.4, -0.2) is 23.2 Å². The van der Waals surface area contributed by atoms with E-state index in [2.05, 4.69) is 9.97 Å². The maximum Gasteiger partial charge on any atom is 0.137 e. The first kappa shape index (κ1) is 11.2. The summed E-state index contributed by atoms with van der Waals surface area (Å²) >= 11 is 7.92. The van der Waals surface area contributed by atoms with Crippen LogP contribution in [-0.2, 0) is 22.7 Å². The van der Waals surface area contributed by atoms with Gasteiger partial charge in [-0.2, -0.15) is 11.8 Å². The van der Waals surface area contributed by atoms with Crippen molar-refractivity contribution in [1.29, 1.82) is 0 Å². The second-order valence-corrected chi connectivity index (χ2v) is 4.64. The number of hydrogen-bond acceptors (Lipinski definition) is 4. The molecule has 1 aliphatic heterocycles. The molecule has 0 spiro atoms. The molecule has 0 fully saturated rings. The van der Waals surface area contributed by atoms with Crippen molar-refractivity contribution < 1.29 is 4.74 Å². The molecule has 2 rings (SSSR count). The minimum Gasteiger partial charge on any atom is -0.381 e. The van der Waals surface area contributed by atoms with Crippen LogP contribution in [0.5, 0.6) is 0 Å². The van der Waals surface area contributed by atoms with Crippen molar-refractivity contribution in [3.8, 4) is 0 Å². The normalized spacial score (nSPS) is 14.3. The second-order valence-electron chi connectivity index (χ2n) is 3.30. The zero-order valence-corrected chi connectivity index (χ0v) is 10.2. The highest BCUT2D eigenvalue weighted by Gasteiger charge is 2.18. The highest BCUT2D eigenvalue weighted by molar-refractivity contribution is 7.98. The van der Waals surface area contributed by atoms with E-state index in [0.29, 0.717) is 11.8 Å². The van der Waals surface area contributed by atoms with Crippen molar-refractivity contribution in [2.45, 2.75) is 24.9 Å². The van der Waals surface area contributed by atoms with Gasteiger partial charge in [-0.15, -0.1) is 0 Å². The lowest BCUT2D eigenvalue weighted by molar-refractivity contribution is 0.149. The molecule has 0 saturated carbocycles. The van der Waals surface area contributed by atoms with Crippen LogP contribution in [0.2, 0.25) is 5.15 Å². The third kappa shape index (κ3) is 2.62. The highest BCUT2D eigenvalue weighted by Crippen LogP contribution is 2.32. The van der Waals surface area contributed by atoms with Crippen LogP contribution in [0.15, 0.2) is 0 Å². The first-order chi connectivity index (χ1) is 7.31. The van der Waals surface area contributed by atoms with Gasteiger partial charge in [0.2, 0.25) is 0 Å². The third-order valence-electron chi connectivity index (χ3n) is 2.25. The highest BCUT2D eigenvalue weighted by atomic mass is 35.5. The molecule has 0 aliphatic carbocycles. The van der Waals surface area contributed by atoms with E-state index in [-0.39, 0.29) is 0 Å². The van der Waals surface area contributed by atoms with Gasteiger partial charge in [0, 0.05) is 30.1 Å². The van der Waals surface area contributed by atoms with Gasteiger partial charge in [-0.25, -0.2) is 9.97 Å². The summed E-state index contributed by atoms with van der Waals surface area (Å²) in [6.07, 6.45) is 0.742. The average molecular weight is 245 g/mol. The Labute approximate surface area is 98.6 Å². The van der Waals surface area contributed by atoms with Gasteiger partial charge in [0.1, 0.15) is 11.0 Å². The van der Waals surface area contributed by atoms with Crippen LogP contribution >= 0.6 is 23.4 Å². The van der Waals surface area contributed by atoms with Crippen LogP contribution in [0.4, 0.5) is 0 Å². The summed E-state index contributed by atoms with van der Waals surface area (Å²) in [4.78, 5) is 8.77. The molecule has 5 heteroatoms. The predicted molar refractivity (Wildman–Crippen MR) is 62.2 cm³/mol. The standard InChI is InChI=1S/C10H13ClN2OS/c1-2-14-4-3-9-12-8-6-15-5-7(8)10(11)13-9/h2-6H2,1H3. The predicted octanol–water partition coefficient (Wildman–Crippen LogP) is 2.46. The Morgan fingerprint density at radius 2 is 2.27 bits per heavy atom. The van der Waals surface area contributed by atoms with Gasteiger partial charge in [0.25, 0.3) is 0 Å². The SMILES string of the molecule is CCOCCc1nc(Cl)c2c(n1)CSC2. The van der Waals surface area contributed by atoms with Gasteiger partial charge < -0.3 is 4.74 Å². The molecule has 0 atom stereocenters. The maximum atomic E-state index is 6.08. The first-order valence-electron chi connectivity index (χ1n) is 5.01. The fraction of sp³-hybridized carbons (Fsp3) is 0.600. The van der Waals surface area contributed by atoms with Crippen molar-refractivity contribution in [1.82, 2.24) is 9.97 Å². The van der Waals surface area contributed by atoms with Crippen molar-refractivity contribution in [3.63, 3.8) is 0 Å². The zero-order valence-electron chi connectivity index (χ0n) is 8.62. The van der Waals surface area contributed by atoms with Crippen LogP contribution < -0.4 is 0 Å². The lowest BCUT2D eigenvalue weighted by Crippen LogP contribution is -2.05. The molecule has 0 saturated heterocycles. The molecular formula is C10H13ClN2OS. The number of halogens is 1. The molecular weight excluding hydrogens is 232 g/mol. The van der Waals surface area contributed by atoms with Gasteiger partial charge in [-0.05, 0) is 6.92 Å².